The molecule has 0 radical (unpaired) electrons. The van der Waals surface area contributed by atoms with Crippen molar-refractivity contribution >= 4 is 11.8 Å². The molecule has 0 amide bonds. The molecule has 0 atom stereocenters. The van der Waals surface area contributed by atoms with Crippen LogP contribution >= 0.6 is 11.8 Å². The first-order valence-corrected chi connectivity index (χ1v) is 7.11. The van der Waals surface area contributed by atoms with E-state index in [2.05, 4.69) is 24.3 Å². The minimum absolute atomic E-state index is 0.271. The Balaban J connectivity index is 1.94. The summed E-state index contributed by atoms with van der Waals surface area (Å²) in [4.78, 5) is 1.30. The van der Waals surface area contributed by atoms with Gasteiger partial charge >= 0.3 is 0 Å². The number of hydrogen-bond acceptors (Lipinski definition) is 4. The molecule has 0 aromatic heterocycles. The summed E-state index contributed by atoms with van der Waals surface area (Å²) in [6, 6.07) is 8.42. The number of ether oxygens (including phenoxy) is 3. The quantitative estimate of drug-likeness (QED) is 0.766. The van der Waals surface area contributed by atoms with Gasteiger partial charge in [-0.05, 0) is 25.0 Å². The van der Waals surface area contributed by atoms with Gasteiger partial charge in [-0.2, -0.15) is 0 Å². The molecule has 1 heterocycles. The van der Waals surface area contributed by atoms with Gasteiger partial charge in [0.2, 0.25) is 0 Å². The summed E-state index contributed by atoms with van der Waals surface area (Å²) in [5.41, 5.74) is 1.05. The SMILES string of the molecule is COC(OC)c1ccc(SC2CCOCC2)cc1. The van der Waals surface area contributed by atoms with E-state index in [-0.39, 0.29) is 6.29 Å². The van der Waals surface area contributed by atoms with Crippen LogP contribution in [0.2, 0.25) is 0 Å². The van der Waals surface area contributed by atoms with E-state index in [0.717, 1.165) is 31.6 Å². The first-order valence-electron chi connectivity index (χ1n) is 6.23. The van der Waals surface area contributed by atoms with Crippen LogP contribution in [0, 0.1) is 0 Å². The number of hydrogen-bond donors (Lipinski definition) is 0. The third-order valence-electron chi connectivity index (χ3n) is 3.05. The highest BCUT2D eigenvalue weighted by Crippen LogP contribution is 2.30. The van der Waals surface area contributed by atoms with E-state index < -0.39 is 0 Å². The Morgan fingerprint density at radius 3 is 2.28 bits per heavy atom. The van der Waals surface area contributed by atoms with Crippen LogP contribution in [-0.4, -0.2) is 32.7 Å². The Hall–Kier alpha value is -0.550. The molecule has 1 aromatic carbocycles. The summed E-state index contributed by atoms with van der Waals surface area (Å²) in [6.45, 7) is 1.79. The highest BCUT2D eigenvalue weighted by atomic mass is 32.2. The van der Waals surface area contributed by atoms with Gasteiger partial charge in [-0.15, -0.1) is 11.8 Å². The first-order chi connectivity index (χ1) is 8.83. The fraction of sp³-hybridized carbons (Fsp3) is 0.571. The molecule has 3 nitrogen and oxygen atoms in total. The minimum atomic E-state index is -0.271. The molecular formula is C14H20O3S. The molecule has 1 aliphatic rings. The van der Waals surface area contributed by atoms with E-state index >= 15 is 0 Å². The van der Waals surface area contributed by atoms with Gasteiger partial charge in [0.05, 0.1) is 0 Å². The average molecular weight is 268 g/mol. The van der Waals surface area contributed by atoms with E-state index in [1.807, 2.05) is 11.8 Å². The topological polar surface area (TPSA) is 27.7 Å². The van der Waals surface area contributed by atoms with Crippen molar-refractivity contribution in [2.24, 2.45) is 0 Å². The number of thioether (sulfide) groups is 1. The molecule has 18 heavy (non-hydrogen) atoms. The summed E-state index contributed by atoms with van der Waals surface area (Å²) in [5.74, 6) is 0. The molecule has 0 aliphatic carbocycles. The van der Waals surface area contributed by atoms with E-state index in [1.54, 1.807) is 14.2 Å². The fourth-order valence-electron chi connectivity index (χ4n) is 2.06. The standard InChI is InChI=1S/C14H20O3S/c1-15-14(16-2)11-3-5-12(6-4-11)18-13-7-9-17-10-8-13/h3-6,13-14H,7-10H2,1-2H3. The Kier molecular flexibility index (Phi) is 5.50. The molecule has 0 N–H and O–H groups in total. The molecule has 0 bridgehead atoms. The van der Waals surface area contributed by atoms with E-state index in [1.165, 1.54) is 4.90 Å². The van der Waals surface area contributed by atoms with E-state index in [9.17, 15) is 0 Å². The average Bonchev–Trinajstić information content (AvgIpc) is 2.43. The predicted molar refractivity (Wildman–Crippen MR) is 72.9 cm³/mol. The van der Waals surface area contributed by atoms with Crippen LogP contribution in [0.4, 0.5) is 0 Å². The second kappa shape index (κ2) is 7.14. The number of methoxy groups -OCH3 is 2. The maximum atomic E-state index is 5.37. The highest BCUT2D eigenvalue weighted by molar-refractivity contribution is 8.00. The zero-order valence-corrected chi connectivity index (χ0v) is 11.7. The van der Waals surface area contributed by atoms with Crippen molar-refractivity contribution in [2.45, 2.75) is 29.3 Å². The van der Waals surface area contributed by atoms with Crippen molar-refractivity contribution in [3.8, 4) is 0 Å². The largest absolute Gasteiger partial charge is 0.381 e. The van der Waals surface area contributed by atoms with Crippen molar-refractivity contribution in [2.75, 3.05) is 27.4 Å². The van der Waals surface area contributed by atoms with Crippen molar-refractivity contribution in [3.05, 3.63) is 29.8 Å². The van der Waals surface area contributed by atoms with Crippen molar-refractivity contribution < 1.29 is 14.2 Å². The lowest BCUT2D eigenvalue weighted by Gasteiger charge is -2.21. The van der Waals surface area contributed by atoms with Gasteiger partial charge in [0.15, 0.2) is 6.29 Å². The van der Waals surface area contributed by atoms with Gasteiger partial charge in [0.25, 0.3) is 0 Å². The van der Waals surface area contributed by atoms with Crippen LogP contribution in [0.1, 0.15) is 24.7 Å². The van der Waals surface area contributed by atoms with Crippen LogP contribution < -0.4 is 0 Å². The first kappa shape index (κ1) is 13.9. The third-order valence-corrected chi connectivity index (χ3v) is 4.40. The normalized spacial score (nSPS) is 17.3. The molecule has 100 valence electrons. The summed E-state index contributed by atoms with van der Waals surface area (Å²) in [6.07, 6.45) is 2.02. The smallest absolute Gasteiger partial charge is 0.183 e. The minimum Gasteiger partial charge on any atom is -0.381 e. The summed E-state index contributed by atoms with van der Waals surface area (Å²) in [5, 5.41) is 0.685. The van der Waals surface area contributed by atoms with Gasteiger partial charge in [-0.1, -0.05) is 12.1 Å². The maximum Gasteiger partial charge on any atom is 0.183 e. The fourth-order valence-corrected chi connectivity index (χ4v) is 3.16. The Morgan fingerprint density at radius 1 is 1.11 bits per heavy atom. The summed E-state index contributed by atoms with van der Waals surface area (Å²) >= 11 is 1.94. The molecule has 0 unspecified atom stereocenters. The lowest BCUT2D eigenvalue weighted by Crippen LogP contribution is -2.17. The predicted octanol–water partition coefficient (Wildman–Crippen LogP) is 3.25. The third kappa shape index (κ3) is 3.72. The van der Waals surface area contributed by atoms with Crippen LogP contribution in [0.5, 0.6) is 0 Å². The molecule has 1 fully saturated rings. The molecule has 0 spiro atoms. The molecular weight excluding hydrogens is 248 g/mol. The number of benzene rings is 1. The molecule has 4 heteroatoms. The monoisotopic (exact) mass is 268 g/mol. The molecule has 1 aromatic rings. The molecule has 1 saturated heterocycles. The second-order valence-corrected chi connectivity index (χ2v) is 5.68. The zero-order valence-electron chi connectivity index (χ0n) is 10.9. The molecule has 1 aliphatic heterocycles. The van der Waals surface area contributed by atoms with Crippen LogP contribution in [0.3, 0.4) is 0 Å². The van der Waals surface area contributed by atoms with Gasteiger partial charge in [0, 0.05) is 43.1 Å². The Morgan fingerprint density at radius 2 is 1.72 bits per heavy atom. The van der Waals surface area contributed by atoms with Crippen LogP contribution in [0.15, 0.2) is 29.2 Å². The Bertz CT molecular complexity index is 343. The highest BCUT2D eigenvalue weighted by Gasteiger charge is 2.15. The van der Waals surface area contributed by atoms with Crippen molar-refractivity contribution in [1.82, 2.24) is 0 Å². The van der Waals surface area contributed by atoms with Crippen LogP contribution in [-0.2, 0) is 14.2 Å². The number of rotatable bonds is 5. The van der Waals surface area contributed by atoms with E-state index in [4.69, 9.17) is 14.2 Å². The zero-order chi connectivity index (χ0) is 12.8. The lowest BCUT2D eigenvalue weighted by atomic mass is 10.2. The second-order valence-electron chi connectivity index (χ2n) is 4.30. The molecule has 2 rings (SSSR count). The van der Waals surface area contributed by atoms with Gasteiger partial charge in [-0.3, -0.25) is 0 Å². The summed E-state index contributed by atoms with van der Waals surface area (Å²) in [7, 11) is 3.30. The maximum absolute atomic E-state index is 5.37. The van der Waals surface area contributed by atoms with Crippen molar-refractivity contribution in [1.29, 1.82) is 0 Å². The Labute approximate surface area is 113 Å². The van der Waals surface area contributed by atoms with Gasteiger partial charge < -0.3 is 14.2 Å². The summed E-state index contributed by atoms with van der Waals surface area (Å²) < 4.78 is 15.8. The van der Waals surface area contributed by atoms with Gasteiger partial charge in [0.1, 0.15) is 0 Å². The van der Waals surface area contributed by atoms with Gasteiger partial charge in [-0.25, -0.2) is 0 Å². The van der Waals surface area contributed by atoms with Crippen LogP contribution in [0.25, 0.3) is 0 Å². The van der Waals surface area contributed by atoms with Crippen molar-refractivity contribution in [3.63, 3.8) is 0 Å². The molecule has 0 saturated carbocycles. The van der Waals surface area contributed by atoms with E-state index in [0.29, 0.717) is 5.25 Å². The lowest BCUT2D eigenvalue weighted by molar-refractivity contribution is -0.106.